The van der Waals surface area contributed by atoms with Gasteiger partial charge in [0.1, 0.15) is 0 Å². The predicted octanol–water partition coefficient (Wildman–Crippen LogP) is 9.77. The molecule has 0 fully saturated rings. The molecule has 0 saturated heterocycles. The van der Waals surface area contributed by atoms with E-state index >= 15 is 0 Å². The third-order valence-electron chi connectivity index (χ3n) is 6.76. The van der Waals surface area contributed by atoms with Crippen molar-refractivity contribution in [3.05, 3.63) is 133 Å². The summed E-state index contributed by atoms with van der Waals surface area (Å²) in [5.41, 5.74) is 7.09. The third-order valence-corrected chi connectivity index (χ3v) is 6.76. The van der Waals surface area contributed by atoms with Crippen molar-refractivity contribution in [1.82, 2.24) is 0 Å². The van der Waals surface area contributed by atoms with Gasteiger partial charge in [0.2, 0.25) is 0 Å². The molecule has 0 aromatic heterocycles. The maximum absolute atomic E-state index is 4.13. The van der Waals surface area contributed by atoms with Crippen LogP contribution in [0.4, 0.5) is 0 Å². The van der Waals surface area contributed by atoms with Crippen LogP contribution in [0.15, 0.2) is 122 Å². The summed E-state index contributed by atoms with van der Waals surface area (Å²) >= 11 is 0. The highest BCUT2D eigenvalue weighted by Gasteiger charge is 2.13. The van der Waals surface area contributed by atoms with E-state index in [9.17, 15) is 0 Å². The van der Waals surface area contributed by atoms with Crippen LogP contribution >= 0.6 is 0 Å². The summed E-state index contributed by atoms with van der Waals surface area (Å²) in [6.45, 7) is 8.18. The van der Waals surface area contributed by atoms with E-state index < -0.39 is 0 Å². The van der Waals surface area contributed by atoms with Crippen LogP contribution in [0, 0.1) is 0 Å². The standard InChI is InChI=1S/C34H24/c1-3-23-19-29-11-7-8-12-33(29)34(32(23)4-2)30-18-15-25-14-17-28(21-31(25)22-30)27-16-13-24-9-5-6-10-26(24)20-27/h3-22H,1-2H2. The van der Waals surface area contributed by atoms with Crippen LogP contribution in [-0.2, 0) is 0 Å². The van der Waals surface area contributed by atoms with Gasteiger partial charge in [0.15, 0.2) is 0 Å². The SMILES string of the molecule is C=Cc1cc2ccccc2c(-c2ccc3ccc(-c4ccc5ccccc5c4)cc3c2)c1C=C. The minimum atomic E-state index is 1.11. The first-order valence-electron chi connectivity index (χ1n) is 11.6. The lowest BCUT2D eigenvalue weighted by Gasteiger charge is -2.15. The smallest absolute Gasteiger partial charge is 0.00268 e. The molecule has 0 atom stereocenters. The molecule has 0 aliphatic rings. The highest BCUT2D eigenvalue weighted by molar-refractivity contribution is 6.05. The van der Waals surface area contributed by atoms with Gasteiger partial charge in [0, 0.05) is 0 Å². The Hall–Kier alpha value is -4.42. The second kappa shape index (κ2) is 8.17. The highest BCUT2D eigenvalue weighted by Crippen LogP contribution is 2.38. The Morgan fingerprint density at radius 3 is 1.71 bits per heavy atom. The molecule has 0 nitrogen and oxygen atoms in total. The van der Waals surface area contributed by atoms with Crippen LogP contribution in [-0.4, -0.2) is 0 Å². The van der Waals surface area contributed by atoms with Crippen LogP contribution in [0.2, 0.25) is 0 Å². The van der Waals surface area contributed by atoms with E-state index in [2.05, 4.69) is 122 Å². The van der Waals surface area contributed by atoms with Gasteiger partial charge in [-0.3, -0.25) is 0 Å². The van der Waals surface area contributed by atoms with Gasteiger partial charge in [-0.15, -0.1) is 0 Å². The average Bonchev–Trinajstić information content (AvgIpc) is 2.91. The minimum absolute atomic E-state index is 1.11. The van der Waals surface area contributed by atoms with Crippen molar-refractivity contribution >= 4 is 44.5 Å². The summed E-state index contributed by atoms with van der Waals surface area (Å²) in [6, 6.07) is 39.4. The zero-order valence-corrected chi connectivity index (χ0v) is 19.0. The molecular formula is C34H24. The fourth-order valence-corrected chi connectivity index (χ4v) is 5.04. The second-order valence-electron chi connectivity index (χ2n) is 8.72. The van der Waals surface area contributed by atoms with Crippen molar-refractivity contribution in [1.29, 1.82) is 0 Å². The molecule has 0 radical (unpaired) electrons. The summed E-state index contributed by atoms with van der Waals surface area (Å²) in [5.74, 6) is 0. The summed E-state index contributed by atoms with van der Waals surface area (Å²) in [5, 5.41) is 7.43. The van der Waals surface area contributed by atoms with E-state index in [0.29, 0.717) is 0 Å². The Labute approximate surface area is 200 Å². The van der Waals surface area contributed by atoms with Crippen molar-refractivity contribution in [3.63, 3.8) is 0 Å². The van der Waals surface area contributed by atoms with Gasteiger partial charge in [-0.1, -0.05) is 110 Å². The van der Waals surface area contributed by atoms with Crippen molar-refractivity contribution in [2.45, 2.75) is 0 Å². The quantitative estimate of drug-likeness (QED) is 0.260. The first-order chi connectivity index (χ1) is 16.7. The van der Waals surface area contributed by atoms with E-state index in [1.807, 2.05) is 12.2 Å². The maximum Gasteiger partial charge on any atom is -0.00268 e. The number of rotatable bonds is 4. The summed E-state index contributed by atoms with van der Waals surface area (Å²) in [6.07, 6.45) is 3.88. The van der Waals surface area contributed by atoms with Crippen LogP contribution in [0.5, 0.6) is 0 Å². The molecule has 0 saturated carbocycles. The van der Waals surface area contributed by atoms with E-state index in [0.717, 1.165) is 11.1 Å². The first kappa shape index (κ1) is 20.2. The Bertz CT molecular complexity index is 1730. The van der Waals surface area contributed by atoms with Crippen molar-refractivity contribution in [2.75, 3.05) is 0 Å². The number of hydrogen-bond acceptors (Lipinski definition) is 0. The van der Waals surface area contributed by atoms with Gasteiger partial charge in [0.05, 0.1) is 0 Å². The fraction of sp³-hybridized carbons (Fsp3) is 0. The number of hydrogen-bond donors (Lipinski definition) is 0. The lowest BCUT2D eigenvalue weighted by atomic mass is 9.88. The molecule has 0 spiro atoms. The zero-order valence-electron chi connectivity index (χ0n) is 19.0. The van der Waals surface area contributed by atoms with Crippen LogP contribution in [0.25, 0.3) is 66.7 Å². The molecule has 0 bridgehead atoms. The molecule has 160 valence electrons. The Morgan fingerprint density at radius 2 is 1.00 bits per heavy atom. The highest BCUT2D eigenvalue weighted by atomic mass is 14.2. The second-order valence-corrected chi connectivity index (χ2v) is 8.72. The van der Waals surface area contributed by atoms with Crippen molar-refractivity contribution in [3.8, 4) is 22.3 Å². The third kappa shape index (κ3) is 3.32. The molecule has 0 aliphatic carbocycles. The van der Waals surface area contributed by atoms with Crippen LogP contribution in [0.1, 0.15) is 11.1 Å². The molecule has 0 N–H and O–H groups in total. The van der Waals surface area contributed by atoms with Crippen LogP contribution in [0.3, 0.4) is 0 Å². The monoisotopic (exact) mass is 432 g/mol. The van der Waals surface area contributed by atoms with Crippen LogP contribution < -0.4 is 0 Å². The van der Waals surface area contributed by atoms with E-state index in [-0.39, 0.29) is 0 Å². The average molecular weight is 433 g/mol. The first-order valence-corrected chi connectivity index (χ1v) is 11.6. The van der Waals surface area contributed by atoms with Gasteiger partial charge in [-0.25, -0.2) is 0 Å². The molecule has 0 heteroatoms. The van der Waals surface area contributed by atoms with Gasteiger partial charge in [-0.05, 0) is 90.0 Å². The van der Waals surface area contributed by atoms with Gasteiger partial charge in [-0.2, -0.15) is 0 Å². The summed E-state index contributed by atoms with van der Waals surface area (Å²) in [7, 11) is 0. The Balaban J connectivity index is 1.56. The molecule has 0 heterocycles. The van der Waals surface area contributed by atoms with Gasteiger partial charge < -0.3 is 0 Å². The largest absolute Gasteiger partial charge is 0.0984 e. The topological polar surface area (TPSA) is 0 Å². The fourth-order valence-electron chi connectivity index (χ4n) is 5.04. The van der Waals surface area contributed by atoms with E-state index in [1.165, 1.54) is 54.6 Å². The molecule has 0 aliphatic heterocycles. The molecule has 6 rings (SSSR count). The molecule has 0 amide bonds. The maximum atomic E-state index is 4.13. The summed E-state index contributed by atoms with van der Waals surface area (Å²) < 4.78 is 0. The molecule has 6 aromatic rings. The van der Waals surface area contributed by atoms with Gasteiger partial charge >= 0.3 is 0 Å². The van der Waals surface area contributed by atoms with Gasteiger partial charge in [0.25, 0.3) is 0 Å². The lowest BCUT2D eigenvalue weighted by Crippen LogP contribution is -1.91. The molecule has 6 aromatic carbocycles. The number of benzene rings is 6. The predicted molar refractivity (Wildman–Crippen MR) is 150 cm³/mol. The Kier molecular flexibility index (Phi) is 4.86. The molecular weight excluding hydrogens is 408 g/mol. The van der Waals surface area contributed by atoms with Crippen molar-refractivity contribution in [2.24, 2.45) is 0 Å². The normalized spacial score (nSPS) is 11.2. The molecule has 0 unspecified atom stereocenters. The number of fused-ring (bicyclic) bond motifs is 3. The van der Waals surface area contributed by atoms with Crippen molar-refractivity contribution < 1.29 is 0 Å². The zero-order chi connectivity index (χ0) is 23.1. The van der Waals surface area contributed by atoms with E-state index in [1.54, 1.807) is 0 Å². The Morgan fingerprint density at radius 1 is 0.441 bits per heavy atom. The van der Waals surface area contributed by atoms with E-state index in [4.69, 9.17) is 0 Å². The molecule has 34 heavy (non-hydrogen) atoms. The summed E-state index contributed by atoms with van der Waals surface area (Å²) in [4.78, 5) is 0. The minimum Gasteiger partial charge on any atom is -0.0984 e. The lowest BCUT2D eigenvalue weighted by molar-refractivity contribution is 1.62.